The molecular formula is C16H24N3O5P. The topological polar surface area (TPSA) is 131 Å². The van der Waals surface area contributed by atoms with Crippen LogP contribution in [-0.2, 0) is 18.9 Å². The van der Waals surface area contributed by atoms with E-state index in [1.165, 1.54) is 0 Å². The minimum atomic E-state index is -1.39. The van der Waals surface area contributed by atoms with Crippen LogP contribution < -0.4 is 16.4 Å². The third kappa shape index (κ3) is 6.78. The molecule has 0 radical (unpaired) electrons. The van der Waals surface area contributed by atoms with Crippen LogP contribution in [0.5, 0.6) is 0 Å². The molecular weight excluding hydrogens is 345 g/mol. The van der Waals surface area contributed by atoms with Gasteiger partial charge < -0.3 is 26.0 Å². The molecule has 0 saturated heterocycles. The van der Waals surface area contributed by atoms with E-state index in [1.807, 2.05) is 16.4 Å². The minimum Gasteiger partial charge on any atom is -0.450 e. The van der Waals surface area contributed by atoms with E-state index >= 15 is 0 Å². The quantitative estimate of drug-likeness (QED) is 0.445. The lowest BCUT2D eigenvalue weighted by Gasteiger charge is -2.19. The summed E-state index contributed by atoms with van der Waals surface area (Å²) in [5, 5.41) is 14.5. The maximum Gasteiger partial charge on any atom is 0.335 e. The van der Waals surface area contributed by atoms with Crippen molar-refractivity contribution in [3.05, 3.63) is 35.9 Å². The fraction of sp³-hybridized carbons (Fsp3) is 0.438. The van der Waals surface area contributed by atoms with E-state index in [-0.39, 0.29) is 0 Å². The van der Waals surface area contributed by atoms with Gasteiger partial charge in [0.25, 0.3) is 5.91 Å². The second-order valence-corrected chi connectivity index (χ2v) is 5.70. The largest absolute Gasteiger partial charge is 0.450 e. The highest BCUT2D eigenvalue weighted by molar-refractivity contribution is 7.10. The van der Waals surface area contributed by atoms with E-state index in [0.717, 1.165) is 6.42 Å². The number of hydrogen-bond acceptors (Lipinski definition) is 6. The SMILES string of the molecule is CCCC(N)C(O)C(=O)NCC(=O)NC(C(=O)OP)c1ccccc1. The molecule has 0 spiro atoms. The maximum atomic E-state index is 12.0. The zero-order valence-corrected chi connectivity index (χ0v) is 15.1. The van der Waals surface area contributed by atoms with Crippen molar-refractivity contribution in [3.8, 4) is 0 Å². The van der Waals surface area contributed by atoms with Crippen LogP contribution in [0.4, 0.5) is 0 Å². The number of nitrogens with two attached hydrogens (primary N) is 1. The Balaban J connectivity index is 2.61. The number of amides is 2. The van der Waals surface area contributed by atoms with Gasteiger partial charge in [0.2, 0.25) is 5.91 Å². The minimum absolute atomic E-state index is 0.401. The van der Waals surface area contributed by atoms with E-state index in [9.17, 15) is 19.5 Å². The summed E-state index contributed by atoms with van der Waals surface area (Å²) in [6, 6.07) is 6.84. The molecule has 1 rings (SSSR count). The Bertz CT molecular complexity index is 584. The molecule has 0 saturated carbocycles. The van der Waals surface area contributed by atoms with Gasteiger partial charge >= 0.3 is 5.97 Å². The van der Waals surface area contributed by atoms with E-state index in [1.54, 1.807) is 30.3 Å². The predicted octanol–water partition coefficient (Wildman–Crippen LogP) is -0.218. The summed E-state index contributed by atoms with van der Waals surface area (Å²) in [5.74, 6) is -2.00. The number of nitrogens with one attached hydrogen (secondary N) is 2. The number of benzene rings is 1. The van der Waals surface area contributed by atoms with Gasteiger partial charge in [-0.05, 0) is 12.0 Å². The highest BCUT2D eigenvalue weighted by atomic mass is 31.0. The highest BCUT2D eigenvalue weighted by Gasteiger charge is 2.25. The molecule has 0 bridgehead atoms. The average Bonchev–Trinajstić information content (AvgIpc) is 2.63. The van der Waals surface area contributed by atoms with E-state index in [2.05, 4.69) is 15.2 Å². The fourth-order valence-corrected chi connectivity index (χ4v) is 2.30. The Labute approximate surface area is 148 Å². The van der Waals surface area contributed by atoms with Crippen LogP contribution in [0.3, 0.4) is 0 Å². The summed E-state index contributed by atoms with van der Waals surface area (Å²) in [6.07, 6.45) is -0.187. The predicted molar refractivity (Wildman–Crippen MR) is 95.0 cm³/mol. The van der Waals surface area contributed by atoms with E-state index in [0.29, 0.717) is 12.0 Å². The number of hydrogen-bond donors (Lipinski definition) is 4. The molecule has 1 aromatic rings. The third-order valence-electron chi connectivity index (χ3n) is 3.51. The summed E-state index contributed by atoms with van der Waals surface area (Å²) in [5.41, 5.74) is 6.22. The van der Waals surface area contributed by atoms with Crippen LogP contribution in [0.2, 0.25) is 0 Å². The molecule has 0 aromatic heterocycles. The lowest BCUT2D eigenvalue weighted by molar-refractivity contribution is -0.138. The van der Waals surface area contributed by atoms with Crippen LogP contribution in [0, 0.1) is 0 Å². The smallest absolute Gasteiger partial charge is 0.335 e. The molecule has 4 atom stereocenters. The van der Waals surface area contributed by atoms with Gasteiger partial charge in [-0.25, -0.2) is 4.79 Å². The maximum absolute atomic E-state index is 12.0. The van der Waals surface area contributed by atoms with Crippen molar-refractivity contribution < 1.29 is 24.0 Å². The van der Waals surface area contributed by atoms with Crippen LogP contribution in [0.15, 0.2) is 30.3 Å². The second kappa shape index (κ2) is 10.8. The molecule has 0 aliphatic carbocycles. The van der Waals surface area contributed by atoms with E-state index in [4.69, 9.17) is 5.73 Å². The van der Waals surface area contributed by atoms with Crippen LogP contribution in [-0.4, -0.2) is 41.6 Å². The normalized spacial score (nSPS) is 14.1. The van der Waals surface area contributed by atoms with Gasteiger partial charge in [0.1, 0.15) is 6.10 Å². The Morgan fingerprint density at radius 1 is 1.28 bits per heavy atom. The lowest BCUT2D eigenvalue weighted by atomic mass is 10.1. The number of aliphatic hydroxyl groups excluding tert-OH is 1. The summed E-state index contributed by atoms with van der Waals surface area (Å²) < 4.78 is 4.61. The van der Waals surface area contributed by atoms with Crippen molar-refractivity contribution in [1.29, 1.82) is 0 Å². The van der Waals surface area contributed by atoms with Crippen LogP contribution in [0.25, 0.3) is 0 Å². The van der Waals surface area contributed by atoms with Gasteiger partial charge in [0.15, 0.2) is 6.04 Å². The van der Waals surface area contributed by atoms with Gasteiger partial charge in [0, 0.05) is 6.04 Å². The van der Waals surface area contributed by atoms with Crippen molar-refractivity contribution in [2.75, 3.05) is 6.54 Å². The lowest BCUT2D eigenvalue weighted by Crippen LogP contribution is -2.49. The molecule has 5 N–H and O–H groups in total. The summed E-state index contributed by atoms with van der Waals surface area (Å²) in [6.45, 7) is 1.48. The molecule has 138 valence electrons. The first kappa shape index (κ1) is 21.0. The molecule has 8 nitrogen and oxygen atoms in total. The highest BCUT2D eigenvalue weighted by Crippen LogP contribution is 2.15. The van der Waals surface area contributed by atoms with Crippen LogP contribution >= 0.6 is 9.47 Å². The molecule has 25 heavy (non-hydrogen) atoms. The van der Waals surface area contributed by atoms with Gasteiger partial charge in [-0.15, -0.1) is 0 Å². The number of aliphatic hydroxyl groups is 1. The van der Waals surface area contributed by atoms with Crippen molar-refractivity contribution in [1.82, 2.24) is 10.6 Å². The Morgan fingerprint density at radius 3 is 2.48 bits per heavy atom. The Kier molecular flexibility index (Phi) is 9.05. The molecule has 0 heterocycles. The van der Waals surface area contributed by atoms with Crippen LogP contribution in [0.1, 0.15) is 31.4 Å². The third-order valence-corrected chi connectivity index (χ3v) is 3.74. The average molecular weight is 369 g/mol. The number of carbonyl (C=O) groups excluding carboxylic acids is 3. The molecule has 9 heteroatoms. The fourth-order valence-electron chi connectivity index (χ4n) is 2.16. The molecule has 2 amide bonds. The van der Waals surface area contributed by atoms with Gasteiger partial charge in [0.05, 0.1) is 16.0 Å². The van der Waals surface area contributed by atoms with Crippen molar-refractivity contribution in [3.63, 3.8) is 0 Å². The van der Waals surface area contributed by atoms with Gasteiger partial charge in [-0.2, -0.15) is 0 Å². The van der Waals surface area contributed by atoms with Crippen molar-refractivity contribution >= 4 is 27.3 Å². The first-order valence-corrected chi connectivity index (χ1v) is 8.34. The molecule has 1 aromatic carbocycles. The molecule has 0 aliphatic heterocycles. The first-order valence-electron chi connectivity index (χ1n) is 7.86. The molecule has 0 fully saturated rings. The van der Waals surface area contributed by atoms with Gasteiger partial charge in [-0.1, -0.05) is 43.7 Å². The summed E-state index contributed by atoms with van der Waals surface area (Å²) in [4.78, 5) is 35.7. The van der Waals surface area contributed by atoms with Crippen molar-refractivity contribution in [2.24, 2.45) is 5.73 Å². The first-order chi connectivity index (χ1) is 11.9. The zero-order valence-electron chi connectivity index (χ0n) is 14.0. The monoisotopic (exact) mass is 369 g/mol. The zero-order chi connectivity index (χ0) is 18.8. The molecule has 0 aliphatic rings. The van der Waals surface area contributed by atoms with Gasteiger partial charge in [-0.3, -0.25) is 9.59 Å². The molecule has 4 unspecified atom stereocenters. The number of rotatable bonds is 9. The standard InChI is InChI=1S/C16H24N3O5P/c1-2-6-11(17)14(21)15(22)18-9-12(20)19-13(16(23)24-25)10-7-4-3-5-8-10/h3-5,7-8,11,13-14,21H,2,6,9,17,25H2,1H3,(H,18,22)(H,19,20). The Hall–Kier alpha value is -2.02. The van der Waals surface area contributed by atoms with Crippen molar-refractivity contribution in [2.45, 2.75) is 38.0 Å². The number of carbonyl (C=O) groups is 3. The second-order valence-electron chi connectivity index (χ2n) is 5.46. The van der Waals surface area contributed by atoms with E-state index < -0.39 is 42.5 Å². The summed E-state index contributed by atoms with van der Waals surface area (Å²) >= 11 is 0. The Morgan fingerprint density at radius 2 is 1.92 bits per heavy atom. The summed E-state index contributed by atoms with van der Waals surface area (Å²) in [7, 11) is 1.83.